The average molecular weight is 328 g/mol. The summed E-state index contributed by atoms with van der Waals surface area (Å²) in [4.78, 5) is 8.80. The second-order valence-electron chi connectivity index (χ2n) is 4.53. The maximum Gasteiger partial charge on any atom is 0.0934 e. The molecule has 2 aromatic heterocycles. The van der Waals surface area contributed by atoms with Gasteiger partial charge in [-0.15, -0.1) is 0 Å². The lowest BCUT2D eigenvalue weighted by atomic mass is 10.2. The summed E-state index contributed by atoms with van der Waals surface area (Å²) in [6, 6.07) is 14.2. The van der Waals surface area contributed by atoms with Crippen LogP contribution in [0.25, 0.3) is 10.9 Å². The van der Waals surface area contributed by atoms with E-state index in [0.717, 1.165) is 39.7 Å². The Hall–Kier alpha value is -1.94. The highest BCUT2D eigenvalue weighted by Crippen LogP contribution is 2.23. The molecule has 3 nitrogen and oxygen atoms in total. The summed E-state index contributed by atoms with van der Waals surface area (Å²) in [5.74, 6) is 0. The van der Waals surface area contributed by atoms with Crippen molar-refractivity contribution in [3.63, 3.8) is 0 Å². The van der Waals surface area contributed by atoms with Gasteiger partial charge in [-0.2, -0.15) is 0 Å². The molecule has 20 heavy (non-hydrogen) atoms. The number of para-hydroxylation sites is 1. The van der Waals surface area contributed by atoms with Gasteiger partial charge >= 0.3 is 0 Å². The van der Waals surface area contributed by atoms with Gasteiger partial charge in [0.05, 0.1) is 11.2 Å². The van der Waals surface area contributed by atoms with Crippen molar-refractivity contribution < 1.29 is 0 Å². The summed E-state index contributed by atoms with van der Waals surface area (Å²) < 4.78 is 0.996. The Labute approximate surface area is 126 Å². The molecule has 0 saturated heterocycles. The van der Waals surface area contributed by atoms with E-state index in [1.54, 1.807) is 0 Å². The first-order valence-electron chi connectivity index (χ1n) is 6.51. The summed E-state index contributed by atoms with van der Waals surface area (Å²) in [7, 11) is 0. The lowest BCUT2D eigenvalue weighted by molar-refractivity contribution is 0.962. The third-order valence-electron chi connectivity index (χ3n) is 3.10. The molecule has 4 heteroatoms. The number of aromatic nitrogens is 2. The van der Waals surface area contributed by atoms with E-state index in [9.17, 15) is 0 Å². The zero-order valence-electron chi connectivity index (χ0n) is 10.9. The first-order chi connectivity index (χ1) is 9.83. The zero-order chi connectivity index (χ0) is 13.8. The van der Waals surface area contributed by atoms with E-state index in [1.807, 2.05) is 36.7 Å². The minimum absolute atomic E-state index is 0.841. The molecule has 0 fully saturated rings. The monoisotopic (exact) mass is 327 g/mol. The van der Waals surface area contributed by atoms with Gasteiger partial charge in [0.2, 0.25) is 0 Å². The van der Waals surface area contributed by atoms with Gasteiger partial charge in [0.1, 0.15) is 0 Å². The summed E-state index contributed by atoms with van der Waals surface area (Å²) in [5.41, 5.74) is 3.15. The molecule has 0 radical (unpaired) electrons. The lowest BCUT2D eigenvalue weighted by Gasteiger charge is -2.09. The summed E-state index contributed by atoms with van der Waals surface area (Å²) in [6.45, 7) is 0.841. The number of hydrogen-bond donors (Lipinski definition) is 1. The minimum atomic E-state index is 0.841. The number of rotatable bonds is 4. The van der Waals surface area contributed by atoms with Crippen LogP contribution in [0.3, 0.4) is 0 Å². The number of fused-ring (bicyclic) bond motifs is 1. The first-order valence-corrected chi connectivity index (χ1v) is 7.30. The molecule has 0 amide bonds. The van der Waals surface area contributed by atoms with E-state index in [2.05, 4.69) is 49.4 Å². The molecular formula is C16H14BrN3. The molecule has 100 valence electrons. The van der Waals surface area contributed by atoms with Crippen LogP contribution in [-0.2, 0) is 6.42 Å². The fraction of sp³-hybridized carbons (Fsp3) is 0.125. The molecule has 2 heterocycles. The standard InChI is InChI=1S/C16H14BrN3/c17-13-10-12-4-3-6-15(16(12)20-11-13)19-9-7-14-5-1-2-8-18-14/h1-6,8,10-11,19H,7,9H2. The summed E-state index contributed by atoms with van der Waals surface area (Å²) in [6.07, 6.45) is 4.55. The highest BCUT2D eigenvalue weighted by Gasteiger charge is 2.02. The van der Waals surface area contributed by atoms with Crippen LogP contribution < -0.4 is 5.32 Å². The van der Waals surface area contributed by atoms with E-state index in [-0.39, 0.29) is 0 Å². The van der Waals surface area contributed by atoms with Crippen LogP contribution in [0.4, 0.5) is 5.69 Å². The maximum atomic E-state index is 4.48. The maximum absolute atomic E-state index is 4.48. The number of nitrogens with zero attached hydrogens (tertiary/aromatic N) is 2. The Kier molecular flexibility index (Phi) is 3.92. The number of hydrogen-bond acceptors (Lipinski definition) is 3. The second kappa shape index (κ2) is 6.01. The molecule has 3 aromatic rings. The topological polar surface area (TPSA) is 37.8 Å². The molecule has 1 aromatic carbocycles. The van der Waals surface area contributed by atoms with Crippen LogP contribution >= 0.6 is 15.9 Å². The predicted octanol–water partition coefficient (Wildman–Crippen LogP) is 4.05. The SMILES string of the molecule is Brc1cnc2c(NCCc3ccccn3)cccc2c1. The molecule has 0 bridgehead atoms. The Morgan fingerprint density at radius 1 is 1.05 bits per heavy atom. The van der Waals surface area contributed by atoms with Crippen LogP contribution in [0.5, 0.6) is 0 Å². The van der Waals surface area contributed by atoms with Crippen LogP contribution in [0, 0.1) is 0 Å². The van der Waals surface area contributed by atoms with E-state index < -0.39 is 0 Å². The number of nitrogens with one attached hydrogen (secondary N) is 1. The second-order valence-corrected chi connectivity index (χ2v) is 5.44. The fourth-order valence-electron chi connectivity index (χ4n) is 2.15. The third kappa shape index (κ3) is 2.96. The number of pyridine rings is 2. The molecule has 0 aliphatic rings. The Balaban J connectivity index is 1.74. The number of anilines is 1. The van der Waals surface area contributed by atoms with Gasteiger partial charge in [0, 0.05) is 40.9 Å². The Bertz CT molecular complexity index is 713. The van der Waals surface area contributed by atoms with E-state index in [4.69, 9.17) is 0 Å². The van der Waals surface area contributed by atoms with Gasteiger partial charge in [0.25, 0.3) is 0 Å². The van der Waals surface area contributed by atoms with Crippen molar-refractivity contribution in [2.45, 2.75) is 6.42 Å². The third-order valence-corrected chi connectivity index (χ3v) is 3.53. The van der Waals surface area contributed by atoms with Crippen LogP contribution in [-0.4, -0.2) is 16.5 Å². The van der Waals surface area contributed by atoms with Gasteiger partial charge in [-0.25, -0.2) is 0 Å². The van der Waals surface area contributed by atoms with Crippen molar-refractivity contribution in [3.05, 3.63) is 65.0 Å². The van der Waals surface area contributed by atoms with Gasteiger partial charge in [-0.3, -0.25) is 9.97 Å². The quantitative estimate of drug-likeness (QED) is 0.785. The molecule has 0 aliphatic carbocycles. The zero-order valence-corrected chi connectivity index (χ0v) is 12.5. The molecule has 0 aliphatic heterocycles. The molecule has 3 rings (SSSR count). The fourth-order valence-corrected chi connectivity index (χ4v) is 2.50. The largest absolute Gasteiger partial charge is 0.383 e. The van der Waals surface area contributed by atoms with Crippen LogP contribution in [0.2, 0.25) is 0 Å². The van der Waals surface area contributed by atoms with Crippen molar-refractivity contribution in [2.75, 3.05) is 11.9 Å². The van der Waals surface area contributed by atoms with Crippen molar-refractivity contribution in [1.82, 2.24) is 9.97 Å². The molecule has 1 N–H and O–H groups in total. The smallest absolute Gasteiger partial charge is 0.0934 e. The Morgan fingerprint density at radius 2 is 2.00 bits per heavy atom. The highest BCUT2D eigenvalue weighted by atomic mass is 79.9. The first kappa shape index (κ1) is 13.1. The van der Waals surface area contributed by atoms with Crippen molar-refractivity contribution in [1.29, 1.82) is 0 Å². The van der Waals surface area contributed by atoms with Crippen LogP contribution in [0.1, 0.15) is 5.69 Å². The van der Waals surface area contributed by atoms with Gasteiger partial charge < -0.3 is 5.32 Å². The molecular weight excluding hydrogens is 314 g/mol. The van der Waals surface area contributed by atoms with E-state index >= 15 is 0 Å². The van der Waals surface area contributed by atoms with E-state index in [0.29, 0.717) is 0 Å². The summed E-state index contributed by atoms with van der Waals surface area (Å²) in [5, 5.41) is 4.56. The van der Waals surface area contributed by atoms with Crippen LogP contribution in [0.15, 0.2) is 59.3 Å². The average Bonchev–Trinajstić information content (AvgIpc) is 2.48. The normalized spacial score (nSPS) is 10.7. The van der Waals surface area contributed by atoms with E-state index in [1.165, 1.54) is 0 Å². The Morgan fingerprint density at radius 3 is 2.85 bits per heavy atom. The number of benzene rings is 1. The number of halogens is 1. The molecule has 0 atom stereocenters. The van der Waals surface area contributed by atoms with Crippen molar-refractivity contribution in [3.8, 4) is 0 Å². The van der Waals surface area contributed by atoms with Crippen molar-refractivity contribution >= 4 is 32.5 Å². The van der Waals surface area contributed by atoms with Gasteiger partial charge in [-0.1, -0.05) is 18.2 Å². The minimum Gasteiger partial charge on any atom is -0.383 e. The van der Waals surface area contributed by atoms with Gasteiger partial charge in [0.15, 0.2) is 0 Å². The molecule has 0 saturated carbocycles. The summed E-state index contributed by atoms with van der Waals surface area (Å²) >= 11 is 3.45. The predicted molar refractivity (Wildman–Crippen MR) is 85.9 cm³/mol. The highest BCUT2D eigenvalue weighted by molar-refractivity contribution is 9.10. The van der Waals surface area contributed by atoms with Crippen molar-refractivity contribution in [2.24, 2.45) is 0 Å². The molecule has 0 unspecified atom stereocenters. The lowest BCUT2D eigenvalue weighted by Crippen LogP contribution is -2.06. The van der Waals surface area contributed by atoms with Gasteiger partial charge in [-0.05, 0) is 40.2 Å². The molecule has 0 spiro atoms.